The van der Waals surface area contributed by atoms with Crippen LogP contribution in [0.5, 0.6) is 0 Å². The number of carbonyl (C=O) groups is 2. The molecule has 0 bridgehead atoms. The van der Waals surface area contributed by atoms with Crippen LogP contribution in [0.2, 0.25) is 0 Å². The third-order valence-electron chi connectivity index (χ3n) is 2.92. The van der Waals surface area contributed by atoms with Gasteiger partial charge in [0.25, 0.3) is 5.52 Å². The minimum absolute atomic E-state index is 0.284. The van der Waals surface area contributed by atoms with Gasteiger partial charge in [0, 0.05) is 5.56 Å². The summed E-state index contributed by atoms with van der Waals surface area (Å²) in [6.07, 6.45) is 5.59. The Balaban J connectivity index is 2.07. The molecule has 0 radical (unpaired) electrons. The van der Waals surface area contributed by atoms with Gasteiger partial charge in [-0.05, 0) is 39.2 Å². The molecule has 1 aromatic rings. The van der Waals surface area contributed by atoms with Crippen molar-refractivity contribution in [2.24, 2.45) is 0 Å². The molecule has 2 nitrogen and oxygen atoms in total. The fourth-order valence-electron chi connectivity index (χ4n) is 1.98. The molecule has 0 saturated heterocycles. The van der Waals surface area contributed by atoms with Crippen LogP contribution in [0.1, 0.15) is 42.5 Å². The van der Waals surface area contributed by atoms with Crippen LogP contribution in [0.25, 0.3) is 0 Å². The highest BCUT2D eigenvalue weighted by Gasteiger charge is 2.16. The van der Waals surface area contributed by atoms with Gasteiger partial charge in [-0.15, -0.1) is 0 Å². The Labute approximate surface area is 103 Å². The van der Waals surface area contributed by atoms with Crippen LogP contribution in [0.3, 0.4) is 0 Å². The van der Waals surface area contributed by atoms with Crippen molar-refractivity contribution in [2.45, 2.75) is 32.1 Å². The van der Waals surface area contributed by atoms with Gasteiger partial charge in [0.2, 0.25) is 5.78 Å². The Bertz CT molecular complexity index is 441. The molecule has 1 aliphatic carbocycles. The second-order valence-electron chi connectivity index (χ2n) is 4.24. The number of rotatable bonds is 3. The number of carbonyl (C=O) groups excluding carboxylic acids is 2. The SMILES string of the molecule is O=C(P=C1CCCCC1)C(=O)c1ccccc1. The first-order valence-corrected chi connectivity index (χ1v) is 6.87. The molecular weight excluding hydrogens is 231 g/mol. The molecule has 0 atom stereocenters. The van der Waals surface area contributed by atoms with Crippen LogP contribution in [-0.4, -0.2) is 16.6 Å². The minimum atomic E-state index is -0.356. The summed E-state index contributed by atoms with van der Waals surface area (Å²) >= 11 is 0. The zero-order valence-electron chi connectivity index (χ0n) is 9.69. The van der Waals surface area contributed by atoms with E-state index in [1.54, 1.807) is 24.3 Å². The maximum Gasteiger partial charge on any atom is 0.251 e. The molecule has 0 aromatic heterocycles. The fraction of sp³-hybridized carbons (Fsp3) is 0.357. The molecule has 0 N–H and O–H groups in total. The van der Waals surface area contributed by atoms with Crippen LogP contribution in [-0.2, 0) is 4.79 Å². The van der Waals surface area contributed by atoms with Crippen LogP contribution in [0.4, 0.5) is 0 Å². The van der Waals surface area contributed by atoms with Crippen LogP contribution in [0.15, 0.2) is 30.3 Å². The lowest BCUT2D eigenvalue weighted by Gasteiger charge is -2.11. The smallest absolute Gasteiger partial charge is 0.251 e. The van der Waals surface area contributed by atoms with E-state index < -0.39 is 0 Å². The van der Waals surface area contributed by atoms with Crippen LogP contribution in [0, 0.1) is 0 Å². The van der Waals surface area contributed by atoms with E-state index in [2.05, 4.69) is 0 Å². The van der Waals surface area contributed by atoms with E-state index in [0.29, 0.717) is 13.8 Å². The summed E-state index contributed by atoms with van der Waals surface area (Å²) in [5.41, 5.74) is 0.217. The second-order valence-corrected chi connectivity index (χ2v) is 5.50. The average Bonchev–Trinajstić information content (AvgIpc) is 2.40. The maximum absolute atomic E-state index is 11.8. The van der Waals surface area contributed by atoms with Crippen LogP contribution >= 0.6 is 8.20 Å². The zero-order valence-corrected chi connectivity index (χ0v) is 10.6. The van der Waals surface area contributed by atoms with E-state index in [1.807, 2.05) is 6.07 Å². The predicted octanol–water partition coefficient (Wildman–Crippen LogP) is 3.48. The Kier molecular flexibility index (Phi) is 4.22. The molecule has 2 rings (SSSR count). The Morgan fingerprint density at radius 1 is 0.941 bits per heavy atom. The third kappa shape index (κ3) is 3.34. The van der Waals surface area contributed by atoms with E-state index in [9.17, 15) is 9.59 Å². The topological polar surface area (TPSA) is 34.1 Å². The largest absolute Gasteiger partial charge is 0.284 e. The summed E-state index contributed by atoms with van der Waals surface area (Å²) in [6.45, 7) is 0. The number of Topliss-reactive ketones (excluding diaryl/α,β-unsaturated/α-hetero) is 1. The van der Waals surface area contributed by atoms with Gasteiger partial charge >= 0.3 is 0 Å². The van der Waals surface area contributed by atoms with Crippen molar-refractivity contribution < 1.29 is 9.59 Å². The van der Waals surface area contributed by atoms with Crippen molar-refractivity contribution in [2.75, 3.05) is 0 Å². The lowest BCUT2D eigenvalue weighted by atomic mass is 10.0. The lowest BCUT2D eigenvalue weighted by molar-refractivity contribution is -0.107. The third-order valence-corrected chi connectivity index (χ3v) is 4.09. The number of benzene rings is 1. The van der Waals surface area contributed by atoms with Gasteiger partial charge in [-0.1, -0.05) is 36.8 Å². The van der Waals surface area contributed by atoms with Crippen molar-refractivity contribution in [1.82, 2.24) is 0 Å². The average molecular weight is 246 g/mol. The molecule has 1 fully saturated rings. The molecule has 1 aliphatic rings. The quantitative estimate of drug-likeness (QED) is 0.465. The normalized spacial score (nSPS) is 15.9. The van der Waals surface area contributed by atoms with Gasteiger partial charge < -0.3 is 0 Å². The number of hydrogen-bond donors (Lipinski definition) is 0. The van der Waals surface area contributed by atoms with E-state index in [-0.39, 0.29) is 11.3 Å². The molecule has 3 heteroatoms. The fourth-order valence-corrected chi connectivity index (χ4v) is 3.04. The summed E-state index contributed by atoms with van der Waals surface area (Å²) in [6, 6.07) is 8.80. The van der Waals surface area contributed by atoms with Gasteiger partial charge in [0.15, 0.2) is 0 Å². The van der Waals surface area contributed by atoms with E-state index >= 15 is 0 Å². The van der Waals surface area contributed by atoms with Gasteiger partial charge in [0.05, 0.1) is 0 Å². The first kappa shape index (κ1) is 12.2. The minimum Gasteiger partial charge on any atom is -0.284 e. The molecule has 0 unspecified atom stereocenters. The van der Waals surface area contributed by atoms with Gasteiger partial charge in [-0.3, -0.25) is 9.59 Å². The predicted molar refractivity (Wildman–Crippen MR) is 70.8 cm³/mol. The van der Waals surface area contributed by atoms with E-state index in [1.165, 1.54) is 11.7 Å². The van der Waals surface area contributed by atoms with Crippen molar-refractivity contribution in [3.05, 3.63) is 35.9 Å². The highest BCUT2D eigenvalue weighted by Crippen LogP contribution is 2.21. The van der Waals surface area contributed by atoms with Crippen molar-refractivity contribution >= 4 is 24.8 Å². The van der Waals surface area contributed by atoms with E-state index in [4.69, 9.17) is 0 Å². The molecule has 1 saturated carbocycles. The van der Waals surface area contributed by atoms with Gasteiger partial charge in [-0.25, -0.2) is 0 Å². The summed E-state index contributed by atoms with van der Waals surface area (Å²) in [5.74, 6) is -0.356. The molecule has 0 amide bonds. The molecule has 17 heavy (non-hydrogen) atoms. The Morgan fingerprint density at radius 3 is 2.24 bits per heavy atom. The summed E-state index contributed by atoms with van der Waals surface area (Å²) in [7, 11) is 0.620. The molecule has 1 aromatic carbocycles. The summed E-state index contributed by atoms with van der Waals surface area (Å²) in [5, 5.41) is 1.23. The van der Waals surface area contributed by atoms with Crippen molar-refractivity contribution in [3.63, 3.8) is 0 Å². The lowest BCUT2D eigenvalue weighted by Crippen LogP contribution is -2.10. The monoisotopic (exact) mass is 246 g/mol. The standard InChI is InChI=1S/C14H15O2P/c15-13(11-7-3-1-4-8-11)14(16)17-12-9-5-2-6-10-12/h1,3-4,7-8H,2,5-6,9-10H2. The van der Waals surface area contributed by atoms with Crippen LogP contribution < -0.4 is 0 Å². The highest BCUT2D eigenvalue weighted by molar-refractivity contribution is 7.62. The zero-order chi connectivity index (χ0) is 12.1. The van der Waals surface area contributed by atoms with Gasteiger partial charge in [0.1, 0.15) is 0 Å². The number of ketones is 1. The summed E-state index contributed by atoms with van der Waals surface area (Å²) in [4.78, 5) is 23.7. The van der Waals surface area contributed by atoms with E-state index in [0.717, 1.165) is 25.7 Å². The van der Waals surface area contributed by atoms with Gasteiger partial charge in [-0.2, -0.15) is 0 Å². The van der Waals surface area contributed by atoms with Crippen molar-refractivity contribution in [1.29, 1.82) is 0 Å². The second kappa shape index (κ2) is 5.88. The molecule has 0 heterocycles. The first-order valence-electron chi connectivity index (χ1n) is 5.97. The molecular formula is C14H15O2P. The Hall–Kier alpha value is -1.27. The Morgan fingerprint density at radius 2 is 1.59 bits per heavy atom. The highest BCUT2D eigenvalue weighted by atomic mass is 31.1. The maximum atomic E-state index is 11.8. The van der Waals surface area contributed by atoms with Crippen molar-refractivity contribution in [3.8, 4) is 0 Å². The molecule has 88 valence electrons. The molecule has 0 aliphatic heterocycles. The summed E-state index contributed by atoms with van der Waals surface area (Å²) < 4.78 is 0. The molecule has 0 spiro atoms. The first-order chi connectivity index (χ1) is 8.27. The number of hydrogen-bond acceptors (Lipinski definition) is 2.